The molecule has 0 atom stereocenters. The van der Waals surface area contributed by atoms with E-state index in [-0.39, 0.29) is 25.6 Å². The molecule has 0 radical (unpaired) electrons. The molecule has 1 aromatic carbocycles. The lowest BCUT2D eigenvalue weighted by Gasteiger charge is -2.36. The Morgan fingerprint density at radius 1 is 1.16 bits per heavy atom. The molecule has 200 valence electrons. The summed E-state index contributed by atoms with van der Waals surface area (Å²) in [5.74, 6) is 0.546. The zero-order chi connectivity index (χ0) is 26.6. The number of halogens is 1. The van der Waals surface area contributed by atoms with Crippen molar-refractivity contribution >= 4 is 16.0 Å². The smallest absolute Gasteiger partial charge is 0.223 e. The van der Waals surface area contributed by atoms with E-state index < -0.39 is 21.7 Å². The Morgan fingerprint density at radius 3 is 2.51 bits per heavy atom. The number of anilines is 1. The molecule has 0 aliphatic carbocycles. The molecule has 1 aliphatic rings. The maximum atomic E-state index is 13.6. The number of likely N-dealkylation sites (N-methyl/N-ethyl adjacent to an activating group) is 1. The average molecular weight is 534 g/mol. The van der Waals surface area contributed by atoms with Crippen LogP contribution in [0.4, 0.5) is 10.3 Å². The molecule has 1 saturated heterocycles. The molecule has 1 fully saturated rings. The van der Waals surface area contributed by atoms with Crippen LogP contribution in [0.3, 0.4) is 0 Å². The molecule has 0 unspecified atom stereocenters. The van der Waals surface area contributed by atoms with Gasteiger partial charge in [-0.05, 0) is 44.4 Å². The highest BCUT2D eigenvalue weighted by Gasteiger charge is 2.35. The number of H-pyrrole nitrogens is 1. The highest BCUT2D eigenvalue weighted by atomic mass is 32.2. The van der Waals surface area contributed by atoms with Gasteiger partial charge < -0.3 is 24.7 Å². The minimum Gasteiger partial charge on any atom is -0.353 e. The van der Waals surface area contributed by atoms with E-state index in [1.807, 2.05) is 21.0 Å². The molecule has 37 heavy (non-hydrogen) atoms. The molecule has 0 spiro atoms. The highest BCUT2D eigenvalue weighted by molar-refractivity contribution is 7.88. The van der Waals surface area contributed by atoms with E-state index in [0.29, 0.717) is 41.0 Å². The van der Waals surface area contributed by atoms with Crippen molar-refractivity contribution in [2.24, 2.45) is 5.41 Å². The second-order valence-electron chi connectivity index (χ2n) is 9.71. The van der Waals surface area contributed by atoms with Gasteiger partial charge in [0.05, 0.1) is 36.6 Å². The number of ether oxygens (including phenoxy) is 2. The summed E-state index contributed by atoms with van der Waals surface area (Å²) in [6, 6.07) is 7.79. The highest BCUT2D eigenvalue weighted by Crippen LogP contribution is 2.35. The Morgan fingerprint density at radius 2 is 1.86 bits per heavy atom. The Labute approximate surface area is 215 Å². The van der Waals surface area contributed by atoms with Crippen LogP contribution in [0.25, 0.3) is 22.6 Å². The lowest BCUT2D eigenvalue weighted by atomic mass is 9.92. The monoisotopic (exact) mass is 533 g/mol. The van der Waals surface area contributed by atoms with E-state index in [4.69, 9.17) is 14.5 Å². The molecule has 1 aliphatic heterocycles. The lowest BCUT2D eigenvalue weighted by Crippen LogP contribution is -2.45. The molecule has 3 aromatic rings. The zero-order valence-electron chi connectivity index (χ0n) is 21.3. The first-order chi connectivity index (χ1) is 17.5. The van der Waals surface area contributed by atoms with Gasteiger partial charge in [0, 0.05) is 36.8 Å². The summed E-state index contributed by atoms with van der Waals surface area (Å²) < 4.78 is 51.0. The summed E-state index contributed by atoms with van der Waals surface area (Å²) in [6.45, 7) is 4.08. The Hall–Kier alpha value is -2.97. The van der Waals surface area contributed by atoms with E-state index in [9.17, 15) is 12.8 Å². The van der Waals surface area contributed by atoms with Gasteiger partial charge in [-0.2, -0.15) is 0 Å². The van der Waals surface area contributed by atoms with Crippen LogP contribution in [-0.2, 0) is 19.5 Å². The summed E-state index contributed by atoms with van der Waals surface area (Å²) in [4.78, 5) is 19.0. The first-order valence-electron chi connectivity index (χ1n) is 11.8. The Balaban J connectivity index is 1.59. The number of aromatic nitrogens is 4. The third-order valence-corrected chi connectivity index (χ3v) is 6.41. The largest absolute Gasteiger partial charge is 0.353 e. The van der Waals surface area contributed by atoms with Crippen LogP contribution < -0.4 is 10.0 Å². The summed E-state index contributed by atoms with van der Waals surface area (Å²) in [6.07, 6.45) is 1.98. The third-order valence-electron chi connectivity index (χ3n) is 5.74. The second kappa shape index (κ2) is 11.2. The van der Waals surface area contributed by atoms with Crippen LogP contribution in [0.1, 0.15) is 19.0 Å². The fourth-order valence-electron chi connectivity index (χ4n) is 3.69. The molecule has 3 N–H and O–H groups in total. The van der Waals surface area contributed by atoms with Gasteiger partial charge in [-0.3, -0.25) is 0 Å². The number of imidazole rings is 1. The van der Waals surface area contributed by atoms with Crippen LogP contribution in [0.5, 0.6) is 0 Å². The van der Waals surface area contributed by atoms with Crippen molar-refractivity contribution in [3.63, 3.8) is 0 Å². The first-order valence-corrected chi connectivity index (χ1v) is 13.7. The maximum absolute atomic E-state index is 13.6. The van der Waals surface area contributed by atoms with Gasteiger partial charge in [-0.1, -0.05) is 6.92 Å². The van der Waals surface area contributed by atoms with Gasteiger partial charge in [-0.25, -0.2) is 32.5 Å². The van der Waals surface area contributed by atoms with Crippen molar-refractivity contribution in [3.8, 4) is 22.6 Å². The van der Waals surface area contributed by atoms with Gasteiger partial charge in [0.1, 0.15) is 5.82 Å². The topological polar surface area (TPSA) is 134 Å². The van der Waals surface area contributed by atoms with Crippen molar-refractivity contribution in [3.05, 3.63) is 48.2 Å². The summed E-state index contributed by atoms with van der Waals surface area (Å²) >= 11 is 0. The number of sulfonamides is 1. The van der Waals surface area contributed by atoms with Gasteiger partial charge in [0.2, 0.25) is 22.3 Å². The minimum absolute atomic E-state index is 0.188. The molecule has 0 amide bonds. The number of benzene rings is 1. The fourth-order valence-corrected chi connectivity index (χ4v) is 4.30. The van der Waals surface area contributed by atoms with Gasteiger partial charge in [0.25, 0.3) is 0 Å². The molecule has 0 saturated carbocycles. The zero-order valence-corrected chi connectivity index (χ0v) is 22.1. The van der Waals surface area contributed by atoms with E-state index in [2.05, 4.69) is 29.9 Å². The quantitative estimate of drug-likeness (QED) is 0.359. The minimum atomic E-state index is -3.33. The van der Waals surface area contributed by atoms with Crippen LogP contribution in [-0.4, -0.2) is 86.5 Å². The van der Waals surface area contributed by atoms with Crippen LogP contribution in [0, 0.1) is 11.2 Å². The van der Waals surface area contributed by atoms with Crippen LogP contribution >= 0.6 is 0 Å². The predicted octanol–water partition coefficient (Wildman–Crippen LogP) is 2.25. The number of rotatable bonds is 10. The molecule has 13 heteroatoms. The van der Waals surface area contributed by atoms with E-state index in [0.717, 1.165) is 12.8 Å². The van der Waals surface area contributed by atoms with Crippen molar-refractivity contribution in [2.75, 3.05) is 58.5 Å². The first kappa shape index (κ1) is 27.1. The molecular weight excluding hydrogens is 501 g/mol. The number of nitrogens with zero attached hydrogens (tertiary/aromatic N) is 4. The molecule has 4 rings (SSSR count). The number of hydrogen-bond donors (Lipinski definition) is 3. The molecular formula is C24H32FN7O4S. The Bertz CT molecular complexity index is 1310. The fraction of sp³-hybridized carbons (Fsp3) is 0.458. The van der Waals surface area contributed by atoms with Gasteiger partial charge in [0.15, 0.2) is 5.82 Å². The van der Waals surface area contributed by atoms with Gasteiger partial charge in [-0.15, -0.1) is 0 Å². The standard InChI is InChI=1S/C24H32FN7O4S/c1-24(13-28-37(4,33)34)14-35-22(36-15-24)21-30-19(16-5-7-17(25)8-6-16)20(31-21)18-9-10-26-23(29-18)27-11-12-32(2)3/h5-10,22,28H,11-15H2,1-4H3,(H,30,31)(H,26,27,29). The number of aromatic amines is 1. The lowest BCUT2D eigenvalue weighted by molar-refractivity contribution is -0.231. The summed E-state index contributed by atoms with van der Waals surface area (Å²) in [5, 5.41) is 3.21. The van der Waals surface area contributed by atoms with Crippen LogP contribution in [0.15, 0.2) is 36.5 Å². The SMILES string of the molecule is CN(C)CCNc1nccc(-c2[nH]c(C3OCC(C)(CNS(C)(=O)=O)CO3)nc2-c2ccc(F)cc2)n1. The van der Waals surface area contributed by atoms with Crippen molar-refractivity contribution in [2.45, 2.75) is 13.2 Å². The molecule has 2 aromatic heterocycles. The second-order valence-corrected chi connectivity index (χ2v) is 11.5. The van der Waals surface area contributed by atoms with E-state index in [1.165, 1.54) is 12.1 Å². The van der Waals surface area contributed by atoms with Gasteiger partial charge >= 0.3 is 0 Å². The summed E-state index contributed by atoms with van der Waals surface area (Å²) in [7, 11) is 0.639. The summed E-state index contributed by atoms with van der Waals surface area (Å²) in [5.41, 5.74) is 1.93. The molecule has 11 nitrogen and oxygen atoms in total. The van der Waals surface area contributed by atoms with E-state index in [1.54, 1.807) is 24.4 Å². The van der Waals surface area contributed by atoms with Crippen molar-refractivity contribution in [1.82, 2.24) is 29.6 Å². The molecule has 3 heterocycles. The van der Waals surface area contributed by atoms with Crippen molar-refractivity contribution < 1.29 is 22.3 Å². The normalized spacial score (nSPS) is 20.3. The average Bonchev–Trinajstić information content (AvgIpc) is 3.29. The predicted molar refractivity (Wildman–Crippen MR) is 138 cm³/mol. The number of hydrogen-bond acceptors (Lipinski definition) is 9. The van der Waals surface area contributed by atoms with Crippen LogP contribution in [0.2, 0.25) is 0 Å². The third kappa shape index (κ3) is 7.29. The Kier molecular flexibility index (Phi) is 8.19. The maximum Gasteiger partial charge on any atom is 0.223 e. The van der Waals surface area contributed by atoms with Crippen molar-refractivity contribution in [1.29, 1.82) is 0 Å². The molecule has 0 bridgehead atoms. The number of nitrogens with one attached hydrogen (secondary N) is 3. The van der Waals surface area contributed by atoms with E-state index >= 15 is 0 Å².